The average molecular weight is 254 g/mol. The summed E-state index contributed by atoms with van der Waals surface area (Å²) in [6.07, 6.45) is 3.09. The fourth-order valence-electron chi connectivity index (χ4n) is 2.27. The Bertz CT molecular complexity index is 393. The lowest BCUT2D eigenvalue weighted by Gasteiger charge is -2.31. The van der Waals surface area contributed by atoms with Gasteiger partial charge in [0.05, 0.1) is 5.69 Å². The first-order valence-corrected chi connectivity index (χ1v) is 6.26. The Hall–Kier alpha value is -1.16. The molecule has 17 heavy (non-hydrogen) atoms. The SMILES string of the molecule is CC(=O)N1CCCC(Cc2ccc(Cl)nn2)C1. The van der Waals surface area contributed by atoms with Crippen molar-refractivity contribution in [1.82, 2.24) is 15.1 Å². The smallest absolute Gasteiger partial charge is 0.219 e. The molecule has 0 saturated carbocycles. The molecule has 1 saturated heterocycles. The van der Waals surface area contributed by atoms with Crippen LogP contribution in [0, 0.1) is 5.92 Å². The van der Waals surface area contributed by atoms with Crippen LogP contribution in [0.4, 0.5) is 0 Å². The van der Waals surface area contributed by atoms with Crippen molar-refractivity contribution in [3.63, 3.8) is 0 Å². The van der Waals surface area contributed by atoms with Gasteiger partial charge in [-0.15, -0.1) is 5.10 Å². The second kappa shape index (κ2) is 5.45. The van der Waals surface area contributed by atoms with Crippen molar-refractivity contribution in [2.75, 3.05) is 13.1 Å². The molecule has 1 fully saturated rings. The Morgan fingerprint density at radius 1 is 1.53 bits per heavy atom. The van der Waals surface area contributed by atoms with E-state index in [0.717, 1.165) is 38.0 Å². The Labute approximate surface area is 106 Å². The molecule has 0 aromatic carbocycles. The molecule has 0 radical (unpaired) electrons. The maximum Gasteiger partial charge on any atom is 0.219 e. The zero-order valence-corrected chi connectivity index (χ0v) is 10.7. The molecule has 4 nitrogen and oxygen atoms in total. The first kappa shape index (κ1) is 12.3. The van der Waals surface area contributed by atoms with E-state index in [1.807, 2.05) is 11.0 Å². The van der Waals surface area contributed by atoms with E-state index in [1.54, 1.807) is 13.0 Å². The van der Waals surface area contributed by atoms with E-state index in [4.69, 9.17) is 11.6 Å². The minimum absolute atomic E-state index is 0.164. The second-order valence-corrected chi connectivity index (χ2v) is 4.91. The number of likely N-dealkylation sites (tertiary alicyclic amines) is 1. The van der Waals surface area contributed by atoms with Crippen LogP contribution in [0.15, 0.2) is 12.1 Å². The molecule has 92 valence electrons. The van der Waals surface area contributed by atoms with E-state index in [0.29, 0.717) is 11.1 Å². The van der Waals surface area contributed by atoms with Crippen LogP contribution in [-0.4, -0.2) is 34.1 Å². The molecular formula is C12H16ClN3O. The van der Waals surface area contributed by atoms with Gasteiger partial charge in [0, 0.05) is 20.0 Å². The molecule has 0 bridgehead atoms. The van der Waals surface area contributed by atoms with Gasteiger partial charge in [0.2, 0.25) is 5.91 Å². The number of carbonyl (C=O) groups excluding carboxylic acids is 1. The molecular weight excluding hydrogens is 238 g/mol. The number of piperidine rings is 1. The van der Waals surface area contributed by atoms with E-state index >= 15 is 0 Å². The van der Waals surface area contributed by atoms with Crippen LogP contribution in [0.25, 0.3) is 0 Å². The monoisotopic (exact) mass is 253 g/mol. The summed E-state index contributed by atoms with van der Waals surface area (Å²) in [5.74, 6) is 0.653. The van der Waals surface area contributed by atoms with Gasteiger partial charge in [-0.05, 0) is 37.3 Å². The molecule has 1 aliphatic rings. The topological polar surface area (TPSA) is 46.1 Å². The number of hydrogen-bond acceptors (Lipinski definition) is 3. The number of amides is 1. The number of hydrogen-bond donors (Lipinski definition) is 0. The van der Waals surface area contributed by atoms with Crippen LogP contribution in [0.3, 0.4) is 0 Å². The van der Waals surface area contributed by atoms with Crippen LogP contribution < -0.4 is 0 Å². The number of aromatic nitrogens is 2. The fourth-order valence-corrected chi connectivity index (χ4v) is 2.37. The average Bonchev–Trinajstić information content (AvgIpc) is 2.32. The molecule has 1 aromatic rings. The van der Waals surface area contributed by atoms with Crippen LogP contribution in [0.2, 0.25) is 5.15 Å². The number of nitrogens with zero attached hydrogens (tertiary/aromatic N) is 3. The third-order valence-electron chi connectivity index (χ3n) is 3.15. The Morgan fingerprint density at radius 3 is 3.00 bits per heavy atom. The Morgan fingerprint density at radius 2 is 2.35 bits per heavy atom. The summed E-state index contributed by atoms with van der Waals surface area (Å²) >= 11 is 5.69. The van der Waals surface area contributed by atoms with Crippen LogP contribution in [0.5, 0.6) is 0 Å². The molecule has 1 amide bonds. The molecule has 2 heterocycles. The molecule has 1 aromatic heterocycles. The number of rotatable bonds is 2. The van der Waals surface area contributed by atoms with Gasteiger partial charge in [0.1, 0.15) is 0 Å². The van der Waals surface area contributed by atoms with Gasteiger partial charge in [-0.1, -0.05) is 11.6 Å². The van der Waals surface area contributed by atoms with Crippen molar-refractivity contribution >= 4 is 17.5 Å². The normalized spacial score (nSPS) is 20.4. The zero-order valence-electron chi connectivity index (χ0n) is 9.90. The maximum atomic E-state index is 11.3. The van der Waals surface area contributed by atoms with Crippen molar-refractivity contribution in [1.29, 1.82) is 0 Å². The molecule has 0 N–H and O–H groups in total. The van der Waals surface area contributed by atoms with Gasteiger partial charge in [-0.2, -0.15) is 5.10 Å². The van der Waals surface area contributed by atoms with Crippen molar-refractivity contribution in [3.8, 4) is 0 Å². The summed E-state index contributed by atoms with van der Waals surface area (Å²) in [5.41, 5.74) is 0.949. The van der Waals surface area contributed by atoms with Gasteiger partial charge in [0.25, 0.3) is 0 Å². The summed E-state index contributed by atoms with van der Waals surface area (Å²) in [5, 5.41) is 8.31. The van der Waals surface area contributed by atoms with Gasteiger partial charge in [0.15, 0.2) is 5.15 Å². The highest BCUT2D eigenvalue weighted by atomic mass is 35.5. The Kier molecular flexibility index (Phi) is 3.94. The first-order valence-electron chi connectivity index (χ1n) is 5.89. The molecule has 1 aliphatic heterocycles. The molecule has 5 heteroatoms. The van der Waals surface area contributed by atoms with Crippen molar-refractivity contribution in [2.24, 2.45) is 5.92 Å². The van der Waals surface area contributed by atoms with Crippen molar-refractivity contribution in [3.05, 3.63) is 23.0 Å². The summed E-state index contributed by atoms with van der Waals surface area (Å²) in [6, 6.07) is 3.66. The van der Waals surface area contributed by atoms with Crippen molar-refractivity contribution < 1.29 is 4.79 Å². The molecule has 1 unspecified atom stereocenters. The summed E-state index contributed by atoms with van der Waals surface area (Å²) < 4.78 is 0. The highest BCUT2D eigenvalue weighted by Crippen LogP contribution is 2.20. The van der Waals surface area contributed by atoms with Gasteiger partial charge >= 0.3 is 0 Å². The maximum absolute atomic E-state index is 11.3. The lowest BCUT2D eigenvalue weighted by Crippen LogP contribution is -2.39. The highest BCUT2D eigenvalue weighted by Gasteiger charge is 2.22. The molecule has 0 spiro atoms. The molecule has 1 atom stereocenters. The van der Waals surface area contributed by atoms with Crippen molar-refractivity contribution in [2.45, 2.75) is 26.2 Å². The van der Waals surface area contributed by atoms with E-state index < -0.39 is 0 Å². The standard InChI is InChI=1S/C12H16ClN3O/c1-9(17)16-6-2-3-10(8-16)7-11-4-5-12(13)15-14-11/h4-5,10H,2-3,6-8H2,1H3. The van der Waals surface area contributed by atoms with Gasteiger partial charge in [-0.25, -0.2) is 0 Å². The molecule has 2 rings (SSSR count). The van der Waals surface area contributed by atoms with E-state index in [2.05, 4.69) is 10.2 Å². The van der Waals surface area contributed by atoms with E-state index in [1.165, 1.54) is 0 Å². The second-order valence-electron chi connectivity index (χ2n) is 4.52. The largest absolute Gasteiger partial charge is 0.343 e. The van der Waals surface area contributed by atoms with E-state index in [9.17, 15) is 4.79 Å². The predicted molar refractivity (Wildman–Crippen MR) is 65.7 cm³/mol. The van der Waals surface area contributed by atoms with Gasteiger partial charge in [-0.3, -0.25) is 4.79 Å². The zero-order chi connectivity index (χ0) is 12.3. The lowest BCUT2D eigenvalue weighted by atomic mass is 9.93. The molecule has 0 aliphatic carbocycles. The van der Waals surface area contributed by atoms with Gasteiger partial charge < -0.3 is 4.90 Å². The quantitative estimate of drug-likeness (QED) is 0.809. The van der Waals surface area contributed by atoms with E-state index in [-0.39, 0.29) is 5.91 Å². The van der Waals surface area contributed by atoms with Crippen LogP contribution in [0.1, 0.15) is 25.5 Å². The fraction of sp³-hybridized carbons (Fsp3) is 0.583. The lowest BCUT2D eigenvalue weighted by molar-refractivity contribution is -0.130. The summed E-state index contributed by atoms with van der Waals surface area (Å²) in [6.45, 7) is 3.35. The first-order chi connectivity index (χ1) is 8.15. The number of halogens is 1. The third-order valence-corrected chi connectivity index (χ3v) is 3.35. The summed E-state index contributed by atoms with van der Waals surface area (Å²) in [7, 11) is 0. The number of carbonyl (C=O) groups is 1. The third kappa shape index (κ3) is 3.40. The Balaban J connectivity index is 1.94. The summed E-state index contributed by atoms with van der Waals surface area (Å²) in [4.78, 5) is 13.2. The van der Waals surface area contributed by atoms with Crippen LogP contribution in [-0.2, 0) is 11.2 Å². The minimum Gasteiger partial charge on any atom is -0.343 e. The van der Waals surface area contributed by atoms with Crippen LogP contribution >= 0.6 is 11.6 Å². The highest BCUT2D eigenvalue weighted by molar-refractivity contribution is 6.29. The predicted octanol–water partition coefficient (Wildman–Crippen LogP) is 1.93. The minimum atomic E-state index is 0.164.